The van der Waals surface area contributed by atoms with E-state index in [9.17, 15) is 0 Å². The van der Waals surface area contributed by atoms with Crippen LogP contribution in [0.3, 0.4) is 0 Å². The van der Waals surface area contributed by atoms with E-state index in [0.717, 1.165) is 29.3 Å². The molecule has 0 amide bonds. The molecule has 58 valence electrons. The van der Waals surface area contributed by atoms with Crippen molar-refractivity contribution >= 4 is 17.7 Å². The zero-order valence-electron chi connectivity index (χ0n) is 5.95. The molecule has 0 saturated heterocycles. The maximum absolute atomic E-state index is 5.39. The van der Waals surface area contributed by atoms with Crippen LogP contribution in [0.5, 0.6) is 0 Å². The van der Waals surface area contributed by atoms with Crippen molar-refractivity contribution in [3.05, 3.63) is 11.4 Å². The van der Waals surface area contributed by atoms with Crippen molar-refractivity contribution in [2.75, 3.05) is 11.5 Å². The van der Waals surface area contributed by atoms with E-state index in [4.69, 9.17) is 5.73 Å². The van der Waals surface area contributed by atoms with Gasteiger partial charge in [0.25, 0.3) is 0 Å². The van der Waals surface area contributed by atoms with Crippen molar-refractivity contribution < 1.29 is 0 Å². The lowest BCUT2D eigenvalue weighted by atomic mass is 10.3. The number of fused-ring (bicyclic) bond motifs is 1. The number of aromatic nitrogens is 3. The van der Waals surface area contributed by atoms with Crippen LogP contribution in [0.4, 0.5) is 5.95 Å². The van der Waals surface area contributed by atoms with E-state index in [0.29, 0.717) is 0 Å². The quantitative estimate of drug-likeness (QED) is 0.601. The predicted octanol–water partition coefficient (Wildman–Crippen LogP) is 0.243. The van der Waals surface area contributed by atoms with Gasteiger partial charge in [0.1, 0.15) is 0 Å². The molecule has 0 radical (unpaired) electrons. The van der Waals surface area contributed by atoms with Crippen LogP contribution in [0, 0.1) is 0 Å². The fourth-order valence-electron chi connectivity index (χ4n) is 1.04. The Labute approximate surface area is 68.6 Å². The van der Waals surface area contributed by atoms with Crippen LogP contribution >= 0.6 is 11.8 Å². The van der Waals surface area contributed by atoms with Crippen molar-refractivity contribution in [1.29, 1.82) is 0 Å². The molecule has 0 bridgehead atoms. The van der Waals surface area contributed by atoms with Gasteiger partial charge < -0.3 is 5.73 Å². The summed E-state index contributed by atoms with van der Waals surface area (Å²) in [5.74, 6) is 2.33. The molecule has 0 atom stereocenters. The normalized spacial score (nSPS) is 16.0. The molecular formula is C6H8N4S. The highest BCUT2D eigenvalue weighted by atomic mass is 32.2. The first-order chi connectivity index (χ1) is 5.36. The third-order valence-electron chi connectivity index (χ3n) is 1.58. The number of nitrogen functional groups attached to an aromatic ring is 1. The lowest BCUT2D eigenvalue weighted by Gasteiger charge is -2.11. The molecular weight excluding hydrogens is 160 g/mol. The topological polar surface area (TPSA) is 64.7 Å². The van der Waals surface area contributed by atoms with Crippen molar-refractivity contribution in [3.63, 3.8) is 0 Å². The maximum atomic E-state index is 5.39. The molecule has 0 aromatic carbocycles. The number of aryl methyl sites for hydroxylation is 1. The van der Waals surface area contributed by atoms with E-state index in [2.05, 4.69) is 15.2 Å². The predicted molar refractivity (Wildman–Crippen MR) is 44.1 cm³/mol. The van der Waals surface area contributed by atoms with Gasteiger partial charge in [-0.05, 0) is 5.75 Å². The molecule has 4 nitrogen and oxygen atoms in total. The molecule has 2 rings (SSSR count). The Morgan fingerprint density at radius 2 is 2.18 bits per heavy atom. The Kier molecular flexibility index (Phi) is 1.65. The minimum atomic E-state index is 0.288. The standard InChI is InChI=1S/C6H8N4S/c7-6-8-4-1-2-11-3-5(4)9-10-6/h1-3H2,(H2,7,8,10). The fourth-order valence-corrected chi connectivity index (χ4v) is 1.94. The summed E-state index contributed by atoms with van der Waals surface area (Å²) in [4.78, 5) is 4.10. The van der Waals surface area contributed by atoms with Crippen molar-refractivity contribution in [1.82, 2.24) is 15.2 Å². The van der Waals surface area contributed by atoms with E-state index in [1.165, 1.54) is 0 Å². The number of nitrogens with zero attached hydrogens (tertiary/aromatic N) is 3. The van der Waals surface area contributed by atoms with Crippen LogP contribution in [0.15, 0.2) is 0 Å². The molecule has 0 aliphatic carbocycles. The van der Waals surface area contributed by atoms with Crippen LogP contribution in [-0.4, -0.2) is 20.9 Å². The van der Waals surface area contributed by atoms with Gasteiger partial charge in [0, 0.05) is 12.2 Å². The summed E-state index contributed by atoms with van der Waals surface area (Å²) in [6.07, 6.45) is 0.972. The van der Waals surface area contributed by atoms with E-state index in [-0.39, 0.29) is 5.95 Å². The van der Waals surface area contributed by atoms with Gasteiger partial charge in [-0.25, -0.2) is 4.98 Å². The molecule has 2 N–H and O–H groups in total. The highest BCUT2D eigenvalue weighted by molar-refractivity contribution is 7.98. The molecule has 1 aliphatic heterocycles. The monoisotopic (exact) mass is 168 g/mol. The second-order valence-corrected chi connectivity index (χ2v) is 3.47. The van der Waals surface area contributed by atoms with Crippen LogP contribution in [0.2, 0.25) is 0 Å². The fraction of sp³-hybridized carbons (Fsp3) is 0.500. The van der Waals surface area contributed by atoms with Crippen LogP contribution in [-0.2, 0) is 12.2 Å². The minimum Gasteiger partial charge on any atom is -0.366 e. The van der Waals surface area contributed by atoms with Gasteiger partial charge in [-0.3, -0.25) is 0 Å². The lowest BCUT2D eigenvalue weighted by Crippen LogP contribution is -2.11. The zero-order chi connectivity index (χ0) is 7.68. The maximum Gasteiger partial charge on any atom is 0.240 e. The highest BCUT2D eigenvalue weighted by Gasteiger charge is 2.12. The molecule has 11 heavy (non-hydrogen) atoms. The molecule has 2 heterocycles. The van der Waals surface area contributed by atoms with Gasteiger partial charge in [-0.2, -0.15) is 11.8 Å². The smallest absolute Gasteiger partial charge is 0.240 e. The second-order valence-electron chi connectivity index (χ2n) is 2.37. The second kappa shape index (κ2) is 2.65. The first-order valence-electron chi connectivity index (χ1n) is 3.42. The molecule has 0 saturated carbocycles. The molecule has 1 aromatic heterocycles. The van der Waals surface area contributed by atoms with E-state index in [1.54, 1.807) is 0 Å². The van der Waals surface area contributed by atoms with Crippen LogP contribution in [0.1, 0.15) is 11.4 Å². The Bertz CT molecular complexity index is 275. The first kappa shape index (κ1) is 6.84. The third kappa shape index (κ3) is 1.28. The number of anilines is 1. The summed E-state index contributed by atoms with van der Waals surface area (Å²) >= 11 is 1.86. The van der Waals surface area contributed by atoms with Gasteiger partial charge in [0.2, 0.25) is 5.95 Å². The molecule has 0 fully saturated rings. The van der Waals surface area contributed by atoms with E-state index >= 15 is 0 Å². The summed E-state index contributed by atoms with van der Waals surface area (Å²) < 4.78 is 0. The van der Waals surface area contributed by atoms with Gasteiger partial charge in [0.05, 0.1) is 11.4 Å². The zero-order valence-corrected chi connectivity index (χ0v) is 6.77. The summed E-state index contributed by atoms with van der Waals surface area (Å²) in [6.45, 7) is 0. The van der Waals surface area contributed by atoms with Crippen LogP contribution in [0.25, 0.3) is 0 Å². The van der Waals surface area contributed by atoms with E-state index < -0.39 is 0 Å². The summed E-state index contributed by atoms with van der Waals surface area (Å²) in [5.41, 5.74) is 7.41. The van der Waals surface area contributed by atoms with Crippen molar-refractivity contribution in [3.8, 4) is 0 Å². The van der Waals surface area contributed by atoms with Crippen molar-refractivity contribution in [2.45, 2.75) is 12.2 Å². The summed E-state index contributed by atoms with van der Waals surface area (Å²) in [5, 5.41) is 7.66. The van der Waals surface area contributed by atoms with Gasteiger partial charge in [-0.15, -0.1) is 10.2 Å². The number of hydrogen-bond donors (Lipinski definition) is 1. The highest BCUT2D eigenvalue weighted by Crippen LogP contribution is 2.20. The Hall–Kier alpha value is -0.840. The third-order valence-corrected chi connectivity index (χ3v) is 2.55. The largest absolute Gasteiger partial charge is 0.366 e. The first-order valence-corrected chi connectivity index (χ1v) is 4.57. The molecule has 0 unspecified atom stereocenters. The molecule has 0 spiro atoms. The minimum absolute atomic E-state index is 0.288. The Morgan fingerprint density at radius 3 is 3.09 bits per heavy atom. The summed E-state index contributed by atoms with van der Waals surface area (Å²) in [6, 6.07) is 0. The number of rotatable bonds is 0. The molecule has 5 heteroatoms. The lowest BCUT2D eigenvalue weighted by molar-refractivity contribution is 0.856. The van der Waals surface area contributed by atoms with Gasteiger partial charge >= 0.3 is 0 Å². The van der Waals surface area contributed by atoms with Crippen molar-refractivity contribution in [2.24, 2.45) is 0 Å². The van der Waals surface area contributed by atoms with E-state index in [1.807, 2.05) is 11.8 Å². The average molecular weight is 168 g/mol. The van der Waals surface area contributed by atoms with Crippen LogP contribution < -0.4 is 5.73 Å². The molecule has 1 aliphatic rings. The van der Waals surface area contributed by atoms with Gasteiger partial charge in [-0.1, -0.05) is 0 Å². The SMILES string of the molecule is Nc1nnc2c(n1)CCSC2. The Morgan fingerprint density at radius 1 is 1.27 bits per heavy atom. The number of nitrogens with two attached hydrogens (primary N) is 1. The molecule has 1 aromatic rings. The number of hydrogen-bond acceptors (Lipinski definition) is 5. The summed E-state index contributed by atoms with van der Waals surface area (Å²) in [7, 11) is 0. The average Bonchev–Trinajstić information content (AvgIpc) is 2.04. The Balaban J connectivity index is 2.43. The number of thioether (sulfide) groups is 1. The van der Waals surface area contributed by atoms with Gasteiger partial charge in [0.15, 0.2) is 0 Å².